The molecular weight excluding hydrogens is 230 g/mol. The topological polar surface area (TPSA) is 12.0 Å². The van der Waals surface area contributed by atoms with Crippen LogP contribution >= 0.6 is 0 Å². The van der Waals surface area contributed by atoms with Crippen molar-refractivity contribution in [2.75, 3.05) is 13.1 Å². The Morgan fingerprint density at radius 3 is 2.53 bits per heavy atom. The van der Waals surface area contributed by atoms with E-state index in [0.29, 0.717) is 0 Å². The van der Waals surface area contributed by atoms with Crippen LogP contribution in [0.4, 0.5) is 0 Å². The minimum atomic E-state index is 0.766. The van der Waals surface area contributed by atoms with Gasteiger partial charge in [-0.15, -0.1) is 0 Å². The second kappa shape index (κ2) is 9.14. The van der Waals surface area contributed by atoms with E-state index in [1.807, 2.05) is 0 Å². The first-order chi connectivity index (χ1) is 9.17. The summed E-state index contributed by atoms with van der Waals surface area (Å²) in [4.78, 5) is 0. The van der Waals surface area contributed by atoms with Crippen LogP contribution in [-0.2, 0) is 6.42 Å². The number of rotatable bonds is 9. The van der Waals surface area contributed by atoms with E-state index in [2.05, 4.69) is 57.3 Å². The first-order valence-corrected chi connectivity index (χ1v) is 7.92. The molecule has 1 aromatic rings. The van der Waals surface area contributed by atoms with Gasteiger partial charge in [-0.25, -0.2) is 0 Å². The van der Waals surface area contributed by atoms with Gasteiger partial charge < -0.3 is 5.32 Å². The molecule has 1 aromatic carbocycles. The van der Waals surface area contributed by atoms with E-state index in [1.165, 1.54) is 36.8 Å². The predicted octanol–water partition coefficient (Wildman–Crippen LogP) is 4.59. The van der Waals surface area contributed by atoms with Crippen LogP contribution in [0.1, 0.15) is 51.2 Å². The Labute approximate surface area is 119 Å². The summed E-state index contributed by atoms with van der Waals surface area (Å²) < 4.78 is 0. The Morgan fingerprint density at radius 1 is 1.16 bits per heavy atom. The van der Waals surface area contributed by atoms with Crippen molar-refractivity contribution in [1.82, 2.24) is 5.32 Å². The highest BCUT2D eigenvalue weighted by molar-refractivity contribution is 5.25. The van der Waals surface area contributed by atoms with Crippen LogP contribution in [0.5, 0.6) is 0 Å². The number of aryl methyl sites for hydroxylation is 1. The van der Waals surface area contributed by atoms with Crippen molar-refractivity contribution >= 4 is 0 Å². The Hall–Kier alpha value is -0.820. The minimum Gasteiger partial charge on any atom is -0.316 e. The zero-order valence-corrected chi connectivity index (χ0v) is 13.2. The summed E-state index contributed by atoms with van der Waals surface area (Å²) >= 11 is 0. The molecule has 0 saturated carbocycles. The summed E-state index contributed by atoms with van der Waals surface area (Å²) in [5.41, 5.74) is 2.96. The fourth-order valence-corrected chi connectivity index (χ4v) is 2.61. The maximum absolute atomic E-state index is 3.60. The molecular formula is C18H31N. The van der Waals surface area contributed by atoms with Crippen molar-refractivity contribution in [3.05, 3.63) is 35.4 Å². The molecule has 1 heteroatoms. The van der Waals surface area contributed by atoms with Gasteiger partial charge in [0.05, 0.1) is 0 Å². The first-order valence-electron chi connectivity index (χ1n) is 7.92. The number of hydrogen-bond donors (Lipinski definition) is 1. The van der Waals surface area contributed by atoms with E-state index < -0.39 is 0 Å². The van der Waals surface area contributed by atoms with E-state index in [-0.39, 0.29) is 0 Å². The lowest BCUT2D eigenvalue weighted by molar-refractivity contribution is 0.363. The maximum atomic E-state index is 3.60. The summed E-state index contributed by atoms with van der Waals surface area (Å²) in [5.74, 6) is 1.60. The van der Waals surface area contributed by atoms with E-state index in [0.717, 1.165) is 24.9 Å². The van der Waals surface area contributed by atoms with Crippen LogP contribution in [0.25, 0.3) is 0 Å². The third-order valence-electron chi connectivity index (χ3n) is 4.06. The number of nitrogens with one attached hydrogen (secondary N) is 1. The molecule has 0 fully saturated rings. The van der Waals surface area contributed by atoms with Crippen LogP contribution in [0.2, 0.25) is 0 Å². The molecule has 0 aliphatic carbocycles. The molecule has 0 bridgehead atoms. The molecule has 0 aliphatic rings. The SMILES string of the molecule is CCCNCC(Cc1ccccc1C)CC(C)CC. The third-order valence-corrected chi connectivity index (χ3v) is 4.06. The standard InChI is InChI=1S/C18H31N/c1-5-11-19-14-17(12-15(3)6-2)13-18-10-8-7-9-16(18)4/h7-10,15,17,19H,5-6,11-14H2,1-4H3. The Balaban J connectivity index is 2.59. The second-order valence-electron chi connectivity index (χ2n) is 5.95. The van der Waals surface area contributed by atoms with Crippen LogP contribution in [0, 0.1) is 18.8 Å². The summed E-state index contributed by atoms with van der Waals surface area (Å²) in [6.45, 7) is 11.4. The fraction of sp³-hybridized carbons (Fsp3) is 0.667. The van der Waals surface area contributed by atoms with Crippen molar-refractivity contribution in [2.45, 2.75) is 53.4 Å². The molecule has 0 amide bonds. The van der Waals surface area contributed by atoms with Crippen LogP contribution in [0.15, 0.2) is 24.3 Å². The van der Waals surface area contributed by atoms with E-state index in [1.54, 1.807) is 0 Å². The normalized spacial score (nSPS) is 14.3. The highest BCUT2D eigenvalue weighted by atomic mass is 14.8. The van der Waals surface area contributed by atoms with Gasteiger partial charge in [-0.05, 0) is 62.2 Å². The molecule has 19 heavy (non-hydrogen) atoms. The molecule has 0 saturated heterocycles. The molecule has 0 heterocycles. The Morgan fingerprint density at radius 2 is 1.89 bits per heavy atom. The highest BCUT2D eigenvalue weighted by Gasteiger charge is 2.13. The monoisotopic (exact) mass is 261 g/mol. The van der Waals surface area contributed by atoms with Gasteiger partial charge in [0.1, 0.15) is 0 Å². The van der Waals surface area contributed by atoms with Crippen molar-refractivity contribution in [1.29, 1.82) is 0 Å². The summed E-state index contributed by atoms with van der Waals surface area (Å²) in [7, 11) is 0. The minimum absolute atomic E-state index is 0.766. The average molecular weight is 261 g/mol. The number of hydrogen-bond acceptors (Lipinski definition) is 1. The van der Waals surface area contributed by atoms with Crippen molar-refractivity contribution in [3.63, 3.8) is 0 Å². The number of benzene rings is 1. The quantitative estimate of drug-likeness (QED) is 0.641. The zero-order valence-electron chi connectivity index (χ0n) is 13.2. The smallest absolute Gasteiger partial charge is 0.00172 e. The van der Waals surface area contributed by atoms with Crippen molar-refractivity contribution in [2.24, 2.45) is 11.8 Å². The summed E-state index contributed by atoms with van der Waals surface area (Å²) in [5, 5.41) is 3.60. The van der Waals surface area contributed by atoms with Crippen LogP contribution in [-0.4, -0.2) is 13.1 Å². The van der Waals surface area contributed by atoms with Gasteiger partial charge in [-0.1, -0.05) is 51.5 Å². The van der Waals surface area contributed by atoms with Gasteiger partial charge in [-0.2, -0.15) is 0 Å². The largest absolute Gasteiger partial charge is 0.316 e. The maximum Gasteiger partial charge on any atom is -0.00172 e. The van der Waals surface area contributed by atoms with Gasteiger partial charge in [0.2, 0.25) is 0 Å². The van der Waals surface area contributed by atoms with Gasteiger partial charge in [0.15, 0.2) is 0 Å². The predicted molar refractivity (Wildman–Crippen MR) is 85.6 cm³/mol. The lowest BCUT2D eigenvalue weighted by Crippen LogP contribution is -2.26. The molecule has 1 nitrogen and oxygen atoms in total. The summed E-state index contributed by atoms with van der Waals surface area (Å²) in [6, 6.07) is 8.83. The van der Waals surface area contributed by atoms with Crippen molar-refractivity contribution < 1.29 is 0 Å². The summed E-state index contributed by atoms with van der Waals surface area (Å²) in [6.07, 6.45) is 5.06. The molecule has 1 N–H and O–H groups in total. The Bertz CT molecular complexity index is 345. The lowest BCUT2D eigenvalue weighted by atomic mass is 9.88. The highest BCUT2D eigenvalue weighted by Crippen LogP contribution is 2.20. The van der Waals surface area contributed by atoms with E-state index in [9.17, 15) is 0 Å². The fourth-order valence-electron chi connectivity index (χ4n) is 2.61. The molecule has 1 rings (SSSR count). The molecule has 2 unspecified atom stereocenters. The van der Waals surface area contributed by atoms with Crippen LogP contribution < -0.4 is 5.32 Å². The second-order valence-corrected chi connectivity index (χ2v) is 5.95. The van der Waals surface area contributed by atoms with Gasteiger partial charge in [0, 0.05) is 0 Å². The molecule has 0 radical (unpaired) electrons. The first kappa shape index (κ1) is 16.2. The third kappa shape index (κ3) is 6.24. The van der Waals surface area contributed by atoms with Crippen LogP contribution in [0.3, 0.4) is 0 Å². The van der Waals surface area contributed by atoms with E-state index >= 15 is 0 Å². The van der Waals surface area contributed by atoms with Gasteiger partial charge in [-0.3, -0.25) is 0 Å². The average Bonchev–Trinajstić information content (AvgIpc) is 2.41. The van der Waals surface area contributed by atoms with Gasteiger partial charge in [0.25, 0.3) is 0 Å². The molecule has 108 valence electrons. The lowest BCUT2D eigenvalue weighted by Gasteiger charge is -2.22. The van der Waals surface area contributed by atoms with Gasteiger partial charge >= 0.3 is 0 Å². The molecule has 0 spiro atoms. The zero-order chi connectivity index (χ0) is 14.1. The molecule has 2 atom stereocenters. The van der Waals surface area contributed by atoms with E-state index in [4.69, 9.17) is 0 Å². The molecule has 0 aromatic heterocycles. The van der Waals surface area contributed by atoms with Crippen molar-refractivity contribution in [3.8, 4) is 0 Å². The Kier molecular flexibility index (Phi) is 7.81. The molecule has 0 aliphatic heterocycles.